The van der Waals surface area contributed by atoms with Gasteiger partial charge in [-0.2, -0.15) is 0 Å². The molecule has 1 aliphatic rings. The minimum Gasteiger partial charge on any atom is -0.504 e. The van der Waals surface area contributed by atoms with Crippen LogP contribution in [-0.4, -0.2) is 30.9 Å². The molecule has 0 saturated carbocycles. The zero-order valence-electron chi connectivity index (χ0n) is 10.3. The maximum Gasteiger partial charge on any atom is 0.161 e. The minimum absolute atomic E-state index is 0.113. The predicted octanol–water partition coefficient (Wildman–Crippen LogP) is 1.92. The Morgan fingerprint density at radius 1 is 1.29 bits per heavy atom. The summed E-state index contributed by atoms with van der Waals surface area (Å²) in [4.78, 5) is 0. The fourth-order valence-electron chi connectivity index (χ4n) is 2.08. The van der Waals surface area contributed by atoms with Gasteiger partial charge in [0.05, 0.1) is 7.11 Å². The van der Waals surface area contributed by atoms with Crippen LogP contribution in [0.25, 0.3) is 0 Å². The van der Waals surface area contributed by atoms with E-state index in [9.17, 15) is 5.11 Å². The number of aromatic hydroxyl groups is 1. The summed E-state index contributed by atoms with van der Waals surface area (Å²) in [7, 11) is 1.53. The van der Waals surface area contributed by atoms with E-state index in [0.717, 1.165) is 25.9 Å². The molecule has 0 bridgehead atoms. The lowest BCUT2D eigenvalue weighted by Crippen LogP contribution is -2.43. The van der Waals surface area contributed by atoms with Gasteiger partial charge < -0.3 is 19.9 Å². The van der Waals surface area contributed by atoms with Crippen molar-refractivity contribution in [2.24, 2.45) is 0 Å². The van der Waals surface area contributed by atoms with Crippen LogP contribution in [0.1, 0.15) is 19.8 Å². The maximum absolute atomic E-state index is 9.69. The van der Waals surface area contributed by atoms with E-state index >= 15 is 0 Å². The molecule has 2 rings (SSSR count). The van der Waals surface area contributed by atoms with Crippen molar-refractivity contribution in [1.82, 2.24) is 5.32 Å². The lowest BCUT2D eigenvalue weighted by molar-refractivity contribution is 0.0553. The third-order valence-electron chi connectivity index (χ3n) is 3.18. The molecule has 1 aromatic carbocycles. The Hall–Kier alpha value is -1.42. The van der Waals surface area contributed by atoms with E-state index in [1.54, 1.807) is 12.1 Å². The quantitative estimate of drug-likeness (QED) is 0.843. The first kappa shape index (κ1) is 12.0. The Balaban J connectivity index is 2.10. The van der Waals surface area contributed by atoms with Crippen LogP contribution in [0.2, 0.25) is 0 Å². The van der Waals surface area contributed by atoms with E-state index < -0.39 is 0 Å². The molecule has 0 spiro atoms. The van der Waals surface area contributed by atoms with Gasteiger partial charge >= 0.3 is 0 Å². The number of phenolic OH excluding ortho intramolecular Hbond substituents is 1. The van der Waals surface area contributed by atoms with Crippen LogP contribution in [0.15, 0.2) is 18.2 Å². The molecule has 1 saturated heterocycles. The van der Waals surface area contributed by atoms with Gasteiger partial charge in [-0.15, -0.1) is 0 Å². The molecule has 1 aromatic rings. The van der Waals surface area contributed by atoms with Crippen LogP contribution in [0.3, 0.4) is 0 Å². The number of rotatable bonds is 3. The Morgan fingerprint density at radius 2 is 2.00 bits per heavy atom. The number of hydrogen-bond donors (Lipinski definition) is 2. The maximum atomic E-state index is 9.69. The van der Waals surface area contributed by atoms with Crippen molar-refractivity contribution in [3.8, 4) is 17.2 Å². The fraction of sp³-hybridized carbons (Fsp3) is 0.538. The van der Waals surface area contributed by atoms with Gasteiger partial charge in [0, 0.05) is 6.07 Å². The second kappa shape index (κ2) is 4.84. The average Bonchev–Trinajstić information content (AvgIpc) is 2.29. The second-order valence-corrected chi connectivity index (χ2v) is 4.64. The van der Waals surface area contributed by atoms with Crippen LogP contribution in [0, 0.1) is 0 Å². The lowest BCUT2D eigenvalue weighted by atomic mass is 9.94. The van der Waals surface area contributed by atoms with E-state index in [-0.39, 0.29) is 11.4 Å². The Morgan fingerprint density at radius 3 is 2.59 bits per heavy atom. The smallest absolute Gasteiger partial charge is 0.161 e. The topological polar surface area (TPSA) is 50.7 Å². The highest BCUT2D eigenvalue weighted by Gasteiger charge is 2.28. The molecule has 0 unspecified atom stereocenters. The van der Waals surface area contributed by atoms with Gasteiger partial charge in [0.25, 0.3) is 0 Å². The van der Waals surface area contributed by atoms with Crippen LogP contribution in [0.4, 0.5) is 0 Å². The van der Waals surface area contributed by atoms with Gasteiger partial charge in [-0.05, 0) is 45.0 Å². The molecule has 17 heavy (non-hydrogen) atoms. The first-order valence-electron chi connectivity index (χ1n) is 5.90. The van der Waals surface area contributed by atoms with Crippen LogP contribution in [0.5, 0.6) is 17.2 Å². The summed E-state index contributed by atoms with van der Waals surface area (Å²) >= 11 is 0. The Labute approximate surface area is 102 Å². The van der Waals surface area contributed by atoms with Gasteiger partial charge in [0.15, 0.2) is 11.5 Å². The highest BCUT2D eigenvalue weighted by molar-refractivity contribution is 5.44. The SMILES string of the molecule is COc1ccc(OC2(C)CCNCC2)cc1O. The average molecular weight is 237 g/mol. The van der Waals surface area contributed by atoms with E-state index in [1.165, 1.54) is 7.11 Å². The van der Waals surface area contributed by atoms with E-state index in [1.807, 2.05) is 6.07 Å². The van der Waals surface area contributed by atoms with Gasteiger partial charge in [0.1, 0.15) is 11.4 Å². The van der Waals surface area contributed by atoms with Gasteiger partial charge in [-0.3, -0.25) is 0 Å². The predicted molar refractivity (Wildman–Crippen MR) is 65.8 cm³/mol. The van der Waals surface area contributed by atoms with Gasteiger partial charge in [-0.1, -0.05) is 0 Å². The number of nitrogens with one attached hydrogen (secondary N) is 1. The summed E-state index contributed by atoms with van der Waals surface area (Å²) < 4.78 is 11.0. The molecule has 0 radical (unpaired) electrons. The molecule has 2 N–H and O–H groups in total. The lowest BCUT2D eigenvalue weighted by Gasteiger charge is -2.34. The van der Waals surface area contributed by atoms with Crippen molar-refractivity contribution < 1.29 is 14.6 Å². The number of hydrogen-bond acceptors (Lipinski definition) is 4. The third-order valence-corrected chi connectivity index (χ3v) is 3.18. The molecular formula is C13H19NO3. The Kier molecular flexibility index (Phi) is 3.43. The van der Waals surface area contributed by atoms with Gasteiger partial charge in [0.2, 0.25) is 0 Å². The largest absolute Gasteiger partial charge is 0.504 e. The number of benzene rings is 1. The van der Waals surface area contributed by atoms with Crippen molar-refractivity contribution in [2.75, 3.05) is 20.2 Å². The molecule has 0 atom stereocenters. The van der Waals surface area contributed by atoms with Crippen LogP contribution in [-0.2, 0) is 0 Å². The summed E-state index contributed by atoms with van der Waals surface area (Å²) in [5.74, 6) is 1.27. The molecule has 1 heterocycles. The normalized spacial score (nSPS) is 18.7. The second-order valence-electron chi connectivity index (χ2n) is 4.64. The zero-order chi connectivity index (χ0) is 12.3. The number of methoxy groups -OCH3 is 1. The van der Waals surface area contributed by atoms with E-state index in [2.05, 4.69) is 12.2 Å². The van der Waals surface area contributed by atoms with Crippen LogP contribution < -0.4 is 14.8 Å². The Bertz CT molecular complexity index is 386. The molecule has 4 heteroatoms. The van der Waals surface area contributed by atoms with E-state index in [0.29, 0.717) is 11.5 Å². The molecule has 1 aliphatic heterocycles. The summed E-state index contributed by atoms with van der Waals surface area (Å²) in [6.45, 7) is 4.05. The first-order chi connectivity index (χ1) is 8.13. The molecular weight excluding hydrogens is 218 g/mol. The zero-order valence-corrected chi connectivity index (χ0v) is 10.3. The van der Waals surface area contributed by atoms with Crippen molar-refractivity contribution in [2.45, 2.75) is 25.4 Å². The van der Waals surface area contributed by atoms with E-state index in [4.69, 9.17) is 9.47 Å². The summed E-state index contributed by atoms with van der Waals surface area (Å²) in [6, 6.07) is 5.15. The minimum atomic E-state index is -0.147. The molecule has 0 aliphatic carbocycles. The standard InChI is InChI=1S/C13H19NO3/c1-13(5-7-14-8-6-13)17-10-3-4-12(16-2)11(15)9-10/h3-4,9,14-15H,5-8H2,1-2H3. The summed E-state index contributed by atoms with van der Waals surface area (Å²) in [5, 5.41) is 13.0. The molecule has 0 aromatic heterocycles. The highest BCUT2D eigenvalue weighted by Crippen LogP contribution is 2.33. The van der Waals surface area contributed by atoms with Crippen molar-refractivity contribution >= 4 is 0 Å². The fourth-order valence-corrected chi connectivity index (χ4v) is 2.08. The molecule has 4 nitrogen and oxygen atoms in total. The summed E-state index contributed by atoms with van der Waals surface area (Å²) in [5.41, 5.74) is -0.147. The number of phenols is 1. The summed E-state index contributed by atoms with van der Waals surface area (Å²) in [6.07, 6.45) is 1.94. The monoisotopic (exact) mass is 237 g/mol. The first-order valence-corrected chi connectivity index (χ1v) is 5.90. The third kappa shape index (κ3) is 2.82. The highest BCUT2D eigenvalue weighted by atomic mass is 16.5. The molecule has 0 amide bonds. The van der Waals surface area contributed by atoms with Crippen molar-refractivity contribution in [1.29, 1.82) is 0 Å². The number of piperidine rings is 1. The van der Waals surface area contributed by atoms with Crippen molar-refractivity contribution in [3.63, 3.8) is 0 Å². The van der Waals surface area contributed by atoms with Gasteiger partial charge in [-0.25, -0.2) is 0 Å². The molecule has 1 fully saturated rings. The number of ether oxygens (including phenoxy) is 2. The van der Waals surface area contributed by atoms with Crippen LogP contribution >= 0.6 is 0 Å². The molecule has 94 valence electrons. The van der Waals surface area contributed by atoms with Crippen molar-refractivity contribution in [3.05, 3.63) is 18.2 Å².